The van der Waals surface area contributed by atoms with Crippen LogP contribution in [-0.4, -0.2) is 37.7 Å². The minimum Gasteiger partial charge on any atom is -0.497 e. The number of likely N-dealkylation sites (tertiary alicyclic amines) is 1. The van der Waals surface area contributed by atoms with Crippen LogP contribution < -0.4 is 10.5 Å². The maximum Gasteiger partial charge on any atom is 0.119 e. The van der Waals surface area contributed by atoms with Crippen molar-refractivity contribution in [2.45, 2.75) is 25.8 Å². The molecule has 2 atom stereocenters. The van der Waals surface area contributed by atoms with Gasteiger partial charge in [0, 0.05) is 31.6 Å². The Morgan fingerprint density at radius 1 is 1.38 bits per heavy atom. The van der Waals surface area contributed by atoms with Gasteiger partial charge >= 0.3 is 0 Å². The maximum atomic E-state index is 6.31. The van der Waals surface area contributed by atoms with Crippen molar-refractivity contribution < 1.29 is 4.74 Å². The third-order valence-corrected chi connectivity index (χ3v) is 3.93. The molecule has 0 radical (unpaired) electrons. The Balaban J connectivity index is 0.00000200. The summed E-state index contributed by atoms with van der Waals surface area (Å²) in [5, 5.41) is 0. The number of nitrogens with zero attached hydrogens (tertiary/aromatic N) is 1. The first-order valence-electron chi connectivity index (χ1n) is 6.87. The fourth-order valence-electron chi connectivity index (χ4n) is 2.71. The molecule has 0 spiro atoms. The van der Waals surface area contributed by atoms with Gasteiger partial charge in [-0.2, -0.15) is 0 Å². The highest BCUT2D eigenvalue weighted by Crippen LogP contribution is 2.29. The number of methoxy groups -OCH3 is 1. The van der Waals surface area contributed by atoms with Crippen molar-refractivity contribution in [1.29, 1.82) is 0 Å². The van der Waals surface area contributed by atoms with Gasteiger partial charge in [-0.1, -0.05) is 23.8 Å². The normalized spacial score (nSPS) is 22.4. The molecule has 120 valence electrons. The van der Waals surface area contributed by atoms with E-state index in [1.165, 1.54) is 11.1 Å². The predicted octanol–water partition coefficient (Wildman–Crippen LogP) is 3.23. The van der Waals surface area contributed by atoms with Crippen LogP contribution in [0.2, 0.25) is 0 Å². The van der Waals surface area contributed by atoms with Crippen LogP contribution in [-0.2, 0) is 0 Å². The molecule has 0 saturated carbocycles. The standard InChI is InChI=1S/C16H24N2O.2ClH/c1-4-12(2)9-18-10-15(16(17)11-18)13-6-5-7-14(8-13)19-3;;/h4-8,15-16H,9-11,17H2,1-3H3;2*1H/t15-,16+;;/m1../s1. The van der Waals surface area contributed by atoms with E-state index in [1.54, 1.807) is 7.11 Å². The van der Waals surface area contributed by atoms with Crippen LogP contribution in [0.5, 0.6) is 5.75 Å². The van der Waals surface area contributed by atoms with Gasteiger partial charge in [0.25, 0.3) is 0 Å². The van der Waals surface area contributed by atoms with Crippen LogP contribution in [0, 0.1) is 0 Å². The smallest absolute Gasteiger partial charge is 0.119 e. The van der Waals surface area contributed by atoms with Gasteiger partial charge in [0.1, 0.15) is 5.75 Å². The number of nitrogens with two attached hydrogens (primary N) is 1. The first-order valence-corrected chi connectivity index (χ1v) is 6.87. The summed E-state index contributed by atoms with van der Waals surface area (Å²) >= 11 is 0. The van der Waals surface area contributed by atoms with E-state index in [-0.39, 0.29) is 30.9 Å². The molecule has 0 aliphatic carbocycles. The molecule has 0 bridgehead atoms. The molecule has 2 N–H and O–H groups in total. The number of rotatable bonds is 4. The number of hydrogen-bond donors (Lipinski definition) is 1. The highest BCUT2D eigenvalue weighted by molar-refractivity contribution is 5.85. The van der Waals surface area contributed by atoms with Crippen molar-refractivity contribution >= 4 is 24.8 Å². The predicted molar refractivity (Wildman–Crippen MR) is 94.1 cm³/mol. The average molecular weight is 333 g/mol. The largest absolute Gasteiger partial charge is 0.497 e. The van der Waals surface area contributed by atoms with Crippen LogP contribution >= 0.6 is 24.8 Å². The van der Waals surface area contributed by atoms with Crippen molar-refractivity contribution in [2.24, 2.45) is 5.73 Å². The first-order chi connectivity index (χ1) is 9.13. The molecule has 1 fully saturated rings. The average Bonchev–Trinajstić information content (AvgIpc) is 2.79. The van der Waals surface area contributed by atoms with Gasteiger partial charge in [0.05, 0.1) is 7.11 Å². The van der Waals surface area contributed by atoms with E-state index in [1.807, 2.05) is 12.1 Å². The van der Waals surface area contributed by atoms with Crippen LogP contribution in [0.15, 0.2) is 35.9 Å². The molecule has 0 aromatic heterocycles. The lowest BCUT2D eigenvalue weighted by atomic mass is 9.95. The number of ether oxygens (including phenoxy) is 1. The van der Waals surface area contributed by atoms with Crippen LogP contribution in [0.3, 0.4) is 0 Å². The van der Waals surface area contributed by atoms with Gasteiger partial charge in [-0.15, -0.1) is 24.8 Å². The molecular formula is C16H26Cl2N2O. The van der Waals surface area contributed by atoms with Crippen molar-refractivity contribution in [2.75, 3.05) is 26.7 Å². The third-order valence-electron chi connectivity index (χ3n) is 3.93. The molecule has 1 saturated heterocycles. The summed E-state index contributed by atoms with van der Waals surface area (Å²) in [7, 11) is 1.70. The van der Waals surface area contributed by atoms with E-state index in [4.69, 9.17) is 10.5 Å². The molecule has 1 heterocycles. The van der Waals surface area contributed by atoms with E-state index in [2.05, 4.69) is 37.0 Å². The van der Waals surface area contributed by atoms with Gasteiger partial charge in [-0.05, 0) is 31.5 Å². The summed E-state index contributed by atoms with van der Waals surface area (Å²) in [6.07, 6.45) is 2.17. The first kappa shape index (κ1) is 20.3. The lowest BCUT2D eigenvalue weighted by Gasteiger charge is -2.16. The Hall–Kier alpha value is -0.740. The summed E-state index contributed by atoms with van der Waals surface area (Å²) in [6.45, 7) is 7.27. The Morgan fingerprint density at radius 2 is 2.10 bits per heavy atom. The molecule has 21 heavy (non-hydrogen) atoms. The minimum atomic E-state index is 0. The zero-order valence-corrected chi connectivity index (χ0v) is 14.5. The molecule has 1 aromatic rings. The topological polar surface area (TPSA) is 38.5 Å². The molecule has 2 rings (SSSR count). The van der Waals surface area contributed by atoms with Crippen LogP contribution in [0.1, 0.15) is 25.3 Å². The van der Waals surface area contributed by atoms with Gasteiger partial charge in [-0.25, -0.2) is 0 Å². The van der Waals surface area contributed by atoms with Crippen molar-refractivity contribution in [3.63, 3.8) is 0 Å². The molecule has 1 aliphatic rings. The van der Waals surface area contributed by atoms with E-state index < -0.39 is 0 Å². The van der Waals surface area contributed by atoms with Gasteiger partial charge in [-0.3, -0.25) is 4.90 Å². The fourth-order valence-corrected chi connectivity index (χ4v) is 2.71. The lowest BCUT2D eigenvalue weighted by molar-refractivity contribution is 0.359. The Labute approximate surface area is 140 Å². The Bertz CT molecular complexity index is 465. The maximum absolute atomic E-state index is 6.31. The van der Waals surface area contributed by atoms with Gasteiger partial charge in [0.15, 0.2) is 0 Å². The molecule has 1 aromatic carbocycles. The summed E-state index contributed by atoms with van der Waals surface area (Å²) in [5.41, 5.74) is 8.99. The number of hydrogen-bond acceptors (Lipinski definition) is 3. The molecule has 0 amide bonds. The molecule has 1 aliphatic heterocycles. The van der Waals surface area contributed by atoms with Crippen molar-refractivity contribution in [3.8, 4) is 5.75 Å². The minimum absolute atomic E-state index is 0. The summed E-state index contributed by atoms with van der Waals surface area (Å²) in [5.74, 6) is 1.31. The van der Waals surface area contributed by atoms with Gasteiger partial charge < -0.3 is 10.5 Å². The van der Waals surface area contributed by atoms with E-state index in [0.29, 0.717) is 5.92 Å². The lowest BCUT2D eigenvalue weighted by Crippen LogP contribution is -2.29. The Kier molecular flexibility index (Phi) is 8.98. The quantitative estimate of drug-likeness (QED) is 0.860. The van der Waals surface area contributed by atoms with Crippen LogP contribution in [0.4, 0.5) is 0 Å². The summed E-state index contributed by atoms with van der Waals surface area (Å²) in [4.78, 5) is 2.43. The zero-order chi connectivity index (χ0) is 13.8. The second-order valence-electron chi connectivity index (χ2n) is 5.38. The van der Waals surface area contributed by atoms with Crippen molar-refractivity contribution in [3.05, 3.63) is 41.5 Å². The molecule has 5 heteroatoms. The van der Waals surface area contributed by atoms with E-state index in [0.717, 1.165) is 25.4 Å². The second kappa shape index (κ2) is 9.31. The van der Waals surface area contributed by atoms with Gasteiger partial charge in [0.2, 0.25) is 0 Å². The van der Waals surface area contributed by atoms with E-state index in [9.17, 15) is 0 Å². The van der Waals surface area contributed by atoms with Crippen LogP contribution in [0.25, 0.3) is 0 Å². The number of halogens is 2. The second-order valence-corrected chi connectivity index (χ2v) is 5.38. The number of benzene rings is 1. The molecule has 3 nitrogen and oxygen atoms in total. The van der Waals surface area contributed by atoms with Crippen molar-refractivity contribution in [1.82, 2.24) is 4.90 Å². The SMILES string of the molecule is CC=C(C)CN1C[C@H](c2cccc(OC)c2)[C@@H](N)C1.Cl.Cl. The number of allylic oxidation sites excluding steroid dienone is 1. The van der Waals surface area contributed by atoms with E-state index >= 15 is 0 Å². The molecule has 0 unspecified atom stereocenters. The monoisotopic (exact) mass is 332 g/mol. The summed E-state index contributed by atoms with van der Waals surface area (Å²) in [6, 6.07) is 8.49. The fraction of sp³-hybridized carbons (Fsp3) is 0.500. The summed E-state index contributed by atoms with van der Waals surface area (Å²) < 4.78 is 5.29. The zero-order valence-electron chi connectivity index (χ0n) is 12.9. The Morgan fingerprint density at radius 3 is 2.71 bits per heavy atom. The highest BCUT2D eigenvalue weighted by atomic mass is 35.5. The molecular weight excluding hydrogens is 307 g/mol. The third kappa shape index (κ3) is 5.19. The highest BCUT2D eigenvalue weighted by Gasteiger charge is 2.31.